The Kier molecular flexibility index (Phi) is 9.94. The molecular formula is C27H33F5N4O2. The second-order valence-electron chi connectivity index (χ2n) is 9.72. The van der Waals surface area contributed by atoms with Gasteiger partial charge >= 0.3 is 6.18 Å². The summed E-state index contributed by atoms with van der Waals surface area (Å²) in [5.74, 6) is -1.84. The van der Waals surface area contributed by atoms with E-state index in [-0.39, 0.29) is 35.0 Å². The van der Waals surface area contributed by atoms with Crippen LogP contribution in [0.1, 0.15) is 61.4 Å². The van der Waals surface area contributed by atoms with Crippen LogP contribution in [-0.2, 0) is 0 Å². The first kappa shape index (κ1) is 29.6. The average molecular weight is 541 g/mol. The molecule has 0 bridgehead atoms. The molecule has 0 saturated carbocycles. The smallest absolute Gasteiger partial charge is 0.396 e. The molecule has 2 aromatic heterocycles. The van der Waals surface area contributed by atoms with E-state index in [4.69, 9.17) is 0 Å². The van der Waals surface area contributed by atoms with Crippen LogP contribution in [-0.4, -0.2) is 57.3 Å². The Balaban J connectivity index is 1.85. The van der Waals surface area contributed by atoms with E-state index in [1.54, 1.807) is 20.0 Å². The first-order valence-corrected chi connectivity index (χ1v) is 12.6. The van der Waals surface area contributed by atoms with E-state index >= 15 is 0 Å². The average Bonchev–Trinajstić information content (AvgIpc) is 2.83. The predicted molar refractivity (Wildman–Crippen MR) is 135 cm³/mol. The third-order valence-electron chi connectivity index (χ3n) is 6.67. The van der Waals surface area contributed by atoms with Crippen LogP contribution < -0.4 is 5.56 Å². The Hall–Kier alpha value is -2.92. The summed E-state index contributed by atoms with van der Waals surface area (Å²) in [5, 5.41) is 9.69. The maximum absolute atomic E-state index is 14.8. The summed E-state index contributed by atoms with van der Waals surface area (Å²) in [6, 6.07) is 3.12. The van der Waals surface area contributed by atoms with Crippen molar-refractivity contribution in [2.24, 2.45) is 0 Å². The van der Waals surface area contributed by atoms with Crippen molar-refractivity contribution in [1.82, 2.24) is 19.3 Å². The zero-order valence-electron chi connectivity index (χ0n) is 21.8. The lowest BCUT2D eigenvalue weighted by molar-refractivity contribution is -0.143. The maximum atomic E-state index is 14.8. The molecule has 2 heterocycles. The van der Waals surface area contributed by atoms with Crippen LogP contribution >= 0.6 is 0 Å². The number of unbranched alkanes of at least 4 members (excludes halogenated alkanes) is 3. The van der Waals surface area contributed by atoms with Crippen LogP contribution in [0.3, 0.4) is 0 Å². The molecule has 0 radical (unpaired) electrons. The fourth-order valence-corrected chi connectivity index (χ4v) is 4.52. The SMILES string of the molecule is Cc1nc2c(-c3ccc(F)cc3F)nc([C@H](CCO)CCCCCCN(C)CC(F)(F)F)cn2c(=O)c1C. The van der Waals surface area contributed by atoms with Crippen LogP contribution in [0, 0.1) is 25.5 Å². The Morgan fingerprint density at radius 2 is 1.76 bits per heavy atom. The number of fused-ring (bicyclic) bond motifs is 1. The van der Waals surface area contributed by atoms with Crippen LogP contribution in [0.25, 0.3) is 16.9 Å². The lowest BCUT2D eigenvalue weighted by Gasteiger charge is -2.19. The number of hydrogen-bond acceptors (Lipinski definition) is 5. The molecule has 0 amide bonds. The van der Waals surface area contributed by atoms with Gasteiger partial charge < -0.3 is 5.11 Å². The minimum Gasteiger partial charge on any atom is -0.396 e. The molecule has 11 heteroatoms. The van der Waals surface area contributed by atoms with Crippen LogP contribution in [0.15, 0.2) is 29.2 Å². The summed E-state index contributed by atoms with van der Waals surface area (Å²) in [7, 11) is 1.44. The fraction of sp³-hybridized carbons (Fsp3) is 0.519. The van der Waals surface area contributed by atoms with Gasteiger partial charge in [0.15, 0.2) is 5.65 Å². The number of aliphatic hydroxyl groups is 1. The number of rotatable bonds is 12. The molecule has 3 rings (SSSR count). The van der Waals surface area contributed by atoms with Gasteiger partial charge in [0.25, 0.3) is 5.56 Å². The summed E-state index contributed by atoms with van der Waals surface area (Å²) in [4.78, 5) is 23.5. The quantitative estimate of drug-likeness (QED) is 0.241. The van der Waals surface area contributed by atoms with Crippen LogP contribution in [0.4, 0.5) is 22.0 Å². The summed E-state index contributed by atoms with van der Waals surface area (Å²) < 4.78 is 67.1. The van der Waals surface area contributed by atoms with E-state index < -0.39 is 24.4 Å². The number of benzene rings is 1. The van der Waals surface area contributed by atoms with E-state index in [0.717, 1.165) is 31.4 Å². The van der Waals surface area contributed by atoms with Gasteiger partial charge in [0.1, 0.15) is 17.3 Å². The second-order valence-corrected chi connectivity index (χ2v) is 9.72. The highest BCUT2D eigenvalue weighted by Gasteiger charge is 2.28. The molecule has 3 aromatic rings. The zero-order chi connectivity index (χ0) is 28.0. The highest BCUT2D eigenvalue weighted by atomic mass is 19.4. The van der Waals surface area contributed by atoms with E-state index in [1.807, 2.05) is 0 Å². The molecule has 0 aliphatic heterocycles. The standard InChI is InChI=1S/C27H33F5N4O2/c1-17-18(2)33-25-24(21-10-9-20(28)14-22(21)29)34-23(15-36(25)26(17)38)19(11-13-37)8-6-4-5-7-12-35(3)16-27(30,31)32/h9-10,14-15,19,37H,4-8,11-13,16H2,1-3H3/t19-/m0/s1. The lowest BCUT2D eigenvalue weighted by Crippen LogP contribution is -2.31. The third-order valence-corrected chi connectivity index (χ3v) is 6.67. The molecule has 38 heavy (non-hydrogen) atoms. The summed E-state index contributed by atoms with van der Waals surface area (Å²) in [6.07, 6.45) is 1.17. The Morgan fingerprint density at radius 1 is 1.05 bits per heavy atom. The van der Waals surface area contributed by atoms with Crippen molar-refractivity contribution in [3.8, 4) is 11.3 Å². The minimum atomic E-state index is -4.22. The van der Waals surface area contributed by atoms with Gasteiger partial charge in [-0.05, 0) is 58.8 Å². The highest BCUT2D eigenvalue weighted by molar-refractivity contribution is 5.74. The highest BCUT2D eigenvalue weighted by Crippen LogP contribution is 2.30. The molecule has 1 atom stereocenters. The molecule has 0 spiro atoms. The first-order valence-electron chi connectivity index (χ1n) is 12.6. The summed E-state index contributed by atoms with van der Waals surface area (Å²) in [5.41, 5.74) is 1.31. The number of aromatic nitrogens is 3. The van der Waals surface area contributed by atoms with Crippen molar-refractivity contribution >= 4 is 5.65 Å². The molecule has 0 aliphatic rings. The number of nitrogens with zero attached hydrogens (tertiary/aromatic N) is 4. The normalized spacial score (nSPS) is 13.0. The first-order chi connectivity index (χ1) is 17.9. The van der Waals surface area contributed by atoms with Gasteiger partial charge in [-0.15, -0.1) is 0 Å². The summed E-state index contributed by atoms with van der Waals surface area (Å²) >= 11 is 0. The predicted octanol–water partition coefficient (Wildman–Crippen LogP) is 5.56. The Morgan fingerprint density at radius 3 is 2.42 bits per heavy atom. The van der Waals surface area contributed by atoms with Gasteiger partial charge in [-0.3, -0.25) is 14.1 Å². The van der Waals surface area contributed by atoms with Gasteiger partial charge in [-0.25, -0.2) is 18.7 Å². The number of halogens is 5. The largest absolute Gasteiger partial charge is 0.401 e. The number of alkyl halides is 3. The molecule has 0 aliphatic carbocycles. The van der Waals surface area contributed by atoms with Crippen LogP contribution in [0.2, 0.25) is 0 Å². The van der Waals surface area contributed by atoms with Gasteiger partial charge in [0.2, 0.25) is 0 Å². The summed E-state index contributed by atoms with van der Waals surface area (Å²) in [6.45, 7) is 2.58. The molecule has 1 aromatic carbocycles. The zero-order valence-corrected chi connectivity index (χ0v) is 21.8. The lowest BCUT2D eigenvalue weighted by atomic mass is 9.94. The fourth-order valence-electron chi connectivity index (χ4n) is 4.52. The van der Waals surface area contributed by atoms with Crippen LogP contribution in [0.5, 0.6) is 0 Å². The van der Waals surface area contributed by atoms with Gasteiger partial charge in [0.05, 0.1) is 12.2 Å². The number of aryl methyl sites for hydroxylation is 1. The maximum Gasteiger partial charge on any atom is 0.401 e. The number of aliphatic hydroxyl groups excluding tert-OH is 1. The minimum absolute atomic E-state index is 0.00614. The Bertz CT molecular complexity index is 1310. The van der Waals surface area contributed by atoms with E-state index in [0.29, 0.717) is 42.8 Å². The molecule has 0 saturated heterocycles. The van der Waals surface area contributed by atoms with Crippen molar-refractivity contribution in [2.75, 3.05) is 26.7 Å². The topological polar surface area (TPSA) is 70.7 Å². The molecule has 6 nitrogen and oxygen atoms in total. The molecule has 1 N–H and O–H groups in total. The second kappa shape index (κ2) is 12.8. The van der Waals surface area contributed by atoms with E-state index in [1.165, 1.54) is 22.4 Å². The van der Waals surface area contributed by atoms with E-state index in [9.17, 15) is 31.9 Å². The Labute approximate surface area is 218 Å². The van der Waals surface area contributed by atoms with Crippen molar-refractivity contribution < 1.29 is 27.1 Å². The molecule has 0 fully saturated rings. The number of hydrogen-bond donors (Lipinski definition) is 1. The monoisotopic (exact) mass is 540 g/mol. The molecule has 208 valence electrons. The van der Waals surface area contributed by atoms with Crippen molar-refractivity contribution in [3.63, 3.8) is 0 Å². The molecule has 0 unspecified atom stereocenters. The van der Waals surface area contributed by atoms with Gasteiger partial charge in [-0.1, -0.05) is 19.3 Å². The van der Waals surface area contributed by atoms with Gasteiger partial charge in [-0.2, -0.15) is 13.2 Å². The van der Waals surface area contributed by atoms with Crippen molar-refractivity contribution in [3.05, 3.63) is 63.3 Å². The third kappa shape index (κ3) is 7.57. The van der Waals surface area contributed by atoms with Crippen molar-refractivity contribution in [1.29, 1.82) is 0 Å². The van der Waals surface area contributed by atoms with Gasteiger partial charge in [0, 0.05) is 41.6 Å². The van der Waals surface area contributed by atoms with Crippen molar-refractivity contribution in [2.45, 2.75) is 64.5 Å². The molecular weight excluding hydrogens is 507 g/mol. The van der Waals surface area contributed by atoms with E-state index in [2.05, 4.69) is 9.97 Å².